The smallest absolute Gasteiger partial charge is 0.00218 e. The first-order valence-electron chi connectivity index (χ1n) is 5.08. The molecule has 1 nitrogen and oxygen atoms in total. The van der Waals surface area contributed by atoms with Gasteiger partial charge in [0.05, 0.1) is 0 Å². The second kappa shape index (κ2) is 6.67. The van der Waals surface area contributed by atoms with E-state index in [-0.39, 0.29) is 0 Å². The molecular formula is C12H19N. The lowest BCUT2D eigenvalue weighted by atomic mass is 10.1. The minimum atomic E-state index is 1.32. The van der Waals surface area contributed by atoms with Crippen LogP contribution in [0.3, 0.4) is 0 Å². The molecule has 0 aliphatic carbocycles. The Kier molecular flexibility index (Phi) is 5.27. The fraction of sp³-hybridized carbons (Fsp3) is 0.500. The molecule has 1 saturated heterocycles. The molecule has 0 atom stereocenters. The van der Waals surface area contributed by atoms with Crippen LogP contribution in [0.2, 0.25) is 0 Å². The Balaban J connectivity index is 0.000000132. The predicted molar refractivity (Wildman–Crippen MR) is 57.8 cm³/mol. The average Bonchev–Trinajstić information content (AvgIpc) is 2.22. The van der Waals surface area contributed by atoms with Crippen molar-refractivity contribution < 1.29 is 0 Å². The number of likely N-dealkylation sites (tertiary alicyclic amines) is 1. The lowest BCUT2D eigenvalue weighted by Crippen LogP contribution is -2.24. The van der Waals surface area contributed by atoms with Crippen LogP contribution >= 0.6 is 0 Å². The van der Waals surface area contributed by atoms with Crippen molar-refractivity contribution in [3.8, 4) is 0 Å². The predicted octanol–water partition coefficient (Wildman–Crippen LogP) is 2.79. The van der Waals surface area contributed by atoms with Crippen molar-refractivity contribution in [1.82, 2.24) is 4.90 Å². The van der Waals surface area contributed by atoms with Crippen LogP contribution < -0.4 is 0 Å². The summed E-state index contributed by atoms with van der Waals surface area (Å²) < 4.78 is 0. The van der Waals surface area contributed by atoms with Crippen molar-refractivity contribution in [3.05, 3.63) is 36.4 Å². The van der Waals surface area contributed by atoms with Gasteiger partial charge in [-0.1, -0.05) is 42.8 Å². The maximum Gasteiger partial charge on any atom is -0.00218 e. The van der Waals surface area contributed by atoms with E-state index in [2.05, 4.69) is 11.9 Å². The maximum absolute atomic E-state index is 2.39. The molecule has 1 aromatic rings. The molecule has 0 amide bonds. The zero-order valence-corrected chi connectivity index (χ0v) is 8.45. The molecule has 1 aromatic carbocycles. The van der Waals surface area contributed by atoms with Crippen LogP contribution in [0.1, 0.15) is 19.3 Å². The molecule has 2 rings (SSSR count). The molecule has 0 N–H and O–H groups in total. The highest BCUT2D eigenvalue weighted by molar-refractivity contribution is 4.99. The van der Waals surface area contributed by atoms with Gasteiger partial charge in [0.1, 0.15) is 0 Å². The van der Waals surface area contributed by atoms with Gasteiger partial charge in [0.25, 0.3) is 0 Å². The van der Waals surface area contributed by atoms with E-state index in [1.807, 2.05) is 36.4 Å². The van der Waals surface area contributed by atoms with Gasteiger partial charge >= 0.3 is 0 Å². The lowest BCUT2D eigenvalue weighted by molar-refractivity contribution is 0.277. The molecule has 1 heterocycles. The molecule has 0 unspecified atom stereocenters. The highest BCUT2D eigenvalue weighted by Gasteiger charge is 2.02. The maximum atomic E-state index is 2.39. The van der Waals surface area contributed by atoms with E-state index in [0.29, 0.717) is 0 Å². The van der Waals surface area contributed by atoms with Crippen molar-refractivity contribution in [2.24, 2.45) is 0 Å². The first-order chi connectivity index (χ1) is 6.39. The van der Waals surface area contributed by atoms with Gasteiger partial charge in [0.2, 0.25) is 0 Å². The van der Waals surface area contributed by atoms with Gasteiger partial charge in [-0.2, -0.15) is 0 Å². The van der Waals surface area contributed by atoms with Crippen molar-refractivity contribution in [3.63, 3.8) is 0 Å². The van der Waals surface area contributed by atoms with Gasteiger partial charge in [-0.25, -0.2) is 0 Å². The summed E-state index contributed by atoms with van der Waals surface area (Å²) in [5.74, 6) is 0. The van der Waals surface area contributed by atoms with E-state index in [9.17, 15) is 0 Å². The summed E-state index contributed by atoms with van der Waals surface area (Å²) in [6, 6.07) is 12.0. The second-order valence-electron chi connectivity index (χ2n) is 3.52. The molecule has 0 saturated carbocycles. The highest BCUT2D eigenvalue weighted by Crippen LogP contribution is 2.04. The molecule has 72 valence electrons. The zero-order chi connectivity index (χ0) is 9.36. The third-order valence-electron chi connectivity index (χ3n) is 2.25. The Morgan fingerprint density at radius 1 is 0.692 bits per heavy atom. The zero-order valence-electron chi connectivity index (χ0n) is 8.45. The van der Waals surface area contributed by atoms with Crippen LogP contribution in [0.15, 0.2) is 36.4 Å². The molecule has 1 aliphatic heterocycles. The van der Waals surface area contributed by atoms with Crippen LogP contribution in [-0.2, 0) is 0 Å². The number of benzene rings is 1. The number of rotatable bonds is 0. The van der Waals surface area contributed by atoms with E-state index in [0.717, 1.165) is 0 Å². The molecule has 1 heteroatoms. The Morgan fingerprint density at radius 2 is 1.08 bits per heavy atom. The van der Waals surface area contributed by atoms with Crippen molar-refractivity contribution in [1.29, 1.82) is 0 Å². The summed E-state index contributed by atoms with van der Waals surface area (Å²) in [6.07, 6.45) is 4.28. The Bertz CT molecular complexity index is 163. The number of hydrogen-bond acceptors (Lipinski definition) is 1. The summed E-state index contributed by atoms with van der Waals surface area (Å²) >= 11 is 0. The topological polar surface area (TPSA) is 3.24 Å². The van der Waals surface area contributed by atoms with Gasteiger partial charge in [-0.05, 0) is 33.0 Å². The van der Waals surface area contributed by atoms with E-state index < -0.39 is 0 Å². The van der Waals surface area contributed by atoms with E-state index >= 15 is 0 Å². The molecule has 1 fully saturated rings. The molecule has 0 bridgehead atoms. The second-order valence-corrected chi connectivity index (χ2v) is 3.52. The van der Waals surface area contributed by atoms with Crippen LogP contribution in [0, 0.1) is 0 Å². The lowest BCUT2D eigenvalue weighted by Gasteiger charge is -2.20. The van der Waals surface area contributed by atoms with Gasteiger partial charge in [0, 0.05) is 0 Å². The Labute approximate surface area is 81.4 Å². The molecule has 0 radical (unpaired) electrons. The fourth-order valence-corrected chi connectivity index (χ4v) is 1.44. The van der Waals surface area contributed by atoms with Crippen molar-refractivity contribution >= 4 is 0 Å². The summed E-state index contributed by atoms with van der Waals surface area (Å²) in [4.78, 5) is 2.39. The van der Waals surface area contributed by atoms with Gasteiger partial charge in [-0.3, -0.25) is 0 Å². The number of hydrogen-bond donors (Lipinski definition) is 0. The van der Waals surface area contributed by atoms with Crippen LogP contribution in [-0.4, -0.2) is 25.0 Å². The summed E-state index contributed by atoms with van der Waals surface area (Å²) in [7, 11) is 2.19. The third-order valence-corrected chi connectivity index (χ3v) is 2.25. The van der Waals surface area contributed by atoms with E-state index in [4.69, 9.17) is 0 Å². The summed E-state index contributed by atoms with van der Waals surface area (Å²) in [6.45, 7) is 2.64. The van der Waals surface area contributed by atoms with Crippen LogP contribution in [0.5, 0.6) is 0 Å². The molecule has 0 spiro atoms. The fourth-order valence-electron chi connectivity index (χ4n) is 1.44. The minimum Gasteiger partial charge on any atom is -0.306 e. The van der Waals surface area contributed by atoms with Gasteiger partial charge < -0.3 is 4.90 Å². The normalized spacial score (nSPS) is 17.3. The van der Waals surface area contributed by atoms with Gasteiger partial charge in [0.15, 0.2) is 0 Å². The standard InChI is InChI=1S/C6H13N.C6H6/c1-7-5-3-2-4-6-7;1-2-4-6-5-3-1/h2-6H2,1H3;1-6H. The molecule has 1 aliphatic rings. The SMILES string of the molecule is CN1CCCCC1.c1ccccc1. The third kappa shape index (κ3) is 5.42. The quantitative estimate of drug-likeness (QED) is 0.589. The first-order valence-corrected chi connectivity index (χ1v) is 5.08. The monoisotopic (exact) mass is 177 g/mol. The number of piperidine rings is 1. The number of nitrogens with zero attached hydrogens (tertiary/aromatic N) is 1. The van der Waals surface area contributed by atoms with Crippen LogP contribution in [0.4, 0.5) is 0 Å². The van der Waals surface area contributed by atoms with E-state index in [1.54, 1.807) is 0 Å². The summed E-state index contributed by atoms with van der Waals surface area (Å²) in [5.41, 5.74) is 0. The first kappa shape index (κ1) is 10.3. The largest absolute Gasteiger partial charge is 0.306 e. The van der Waals surface area contributed by atoms with E-state index in [1.165, 1.54) is 32.4 Å². The van der Waals surface area contributed by atoms with Crippen LogP contribution in [0.25, 0.3) is 0 Å². The Hall–Kier alpha value is -0.820. The Morgan fingerprint density at radius 3 is 1.31 bits per heavy atom. The van der Waals surface area contributed by atoms with Crippen molar-refractivity contribution in [2.75, 3.05) is 20.1 Å². The average molecular weight is 177 g/mol. The van der Waals surface area contributed by atoms with Crippen molar-refractivity contribution in [2.45, 2.75) is 19.3 Å². The molecule has 0 aromatic heterocycles. The molecular weight excluding hydrogens is 158 g/mol. The van der Waals surface area contributed by atoms with Gasteiger partial charge in [-0.15, -0.1) is 0 Å². The molecule has 13 heavy (non-hydrogen) atoms. The summed E-state index contributed by atoms with van der Waals surface area (Å²) in [5, 5.41) is 0. The highest BCUT2D eigenvalue weighted by atomic mass is 15.1. The minimum absolute atomic E-state index is 1.32.